The average molecular weight is 439 g/mol. The fourth-order valence-electron chi connectivity index (χ4n) is 2.93. The second kappa shape index (κ2) is 8.61. The van der Waals surface area contributed by atoms with Crippen LogP contribution in [-0.2, 0) is 6.18 Å². The summed E-state index contributed by atoms with van der Waals surface area (Å²) in [5, 5.41) is 6.22. The number of alkyl halides is 3. The Kier molecular flexibility index (Phi) is 5.73. The summed E-state index contributed by atoms with van der Waals surface area (Å²) >= 11 is 1.13. The molecule has 31 heavy (non-hydrogen) atoms. The normalized spacial score (nSPS) is 11.2. The highest BCUT2D eigenvalue weighted by atomic mass is 32.1. The molecule has 0 saturated carbocycles. The lowest BCUT2D eigenvalue weighted by Gasteiger charge is -2.10. The predicted octanol–water partition coefficient (Wildman–Crippen LogP) is 6.82. The van der Waals surface area contributed by atoms with Gasteiger partial charge in [-0.3, -0.25) is 4.79 Å². The van der Waals surface area contributed by atoms with Crippen molar-refractivity contribution in [1.29, 1.82) is 0 Å². The van der Waals surface area contributed by atoms with Crippen LogP contribution in [0, 0.1) is 0 Å². The molecule has 0 bridgehead atoms. The minimum Gasteiger partial charge on any atom is -0.332 e. The Bertz CT molecular complexity index is 1190. The van der Waals surface area contributed by atoms with Crippen LogP contribution >= 0.6 is 11.3 Å². The van der Waals surface area contributed by atoms with E-state index >= 15 is 0 Å². The van der Waals surface area contributed by atoms with E-state index in [-0.39, 0.29) is 5.69 Å². The average Bonchev–Trinajstić information content (AvgIpc) is 3.19. The van der Waals surface area contributed by atoms with Gasteiger partial charge >= 0.3 is 6.18 Å². The molecule has 4 aromatic rings. The Hall–Kier alpha value is -3.65. The molecule has 0 unspecified atom stereocenters. The van der Waals surface area contributed by atoms with Crippen molar-refractivity contribution in [2.24, 2.45) is 0 Å². The van der Waals surface area contributed by atoms with Crippen LogP contribution in [0.3, 0.4) is 0 Å². The van der Waals surface area contributed by atoms with Crippen LogP contribution < -0.4 is 10.6 Å². The SMILES string of the molecule is O=C(Nc1cccc(C(F)(F)F)c1)c1sc(Nc2ccccc2)nc1-c1ccccc1. The maximum Gasteiger partial charge on any atom is 0.416 e. The van der Waals surface area contributed by atoms with Crippen molar-refractivity contribution >= 4 is 33.8 Å². The Morgan fingerprint density at radius 3 is 2.16 bits per heavy atom. The number of para-hydroxylation sites is 1. The molecule has 0 spiro atoms. The van der Waals surface area contributed by atoms with Crippen LogP contribution in [0.1, 0.15) is 15.2 Å². The van der Waals surface area contributed by atoms with Gasteiger partial charge in [-0.25, -0.2) is 4.98 Å². The molecule has 8 heteroatoms. The van der Waals surface area contributed by atoms with Crippen molar-refractivity contribution in [3.63, 3.8) is 0 Å². The number of amides is 1. The molecule has 4 rings (SSSR count). The van der Waals surface area contributed by atoms with Crippen LogP contribution in [0.4, 0.5) is 29.7 Å². The zero-order valence-corrected chi connectivity index (χ0v) is 16.8. The monoisotopic (exact) mass is 439 g/mol. The third-order valence-electron chi connectivity index (χ3n) is 4.35. The third-order valence-corrected chi connectivity index (χ3v) is 5.32. The molecule has 156 valence electrons. The van der Waals surface area contributed by atoms with Crippen molar-refractivity contribution in [2.45, 2.75) is 6.18 Å². The molecule has 4 nitrogen and oxygen atoms in total. The first-order valence-corrected chi connectivity index (χ1v) is 10.1. The van der Waals surface area contributed by atoms with Crippen LogP contribution in [0.25, 0.3) is 11.3 Å². The Morgan fingerprint density at radius 2 is 1.48 bits per heavy atom. The number of nitrogens with zero attached hydrogens (tertiary/aromatic N) is 1. The van der Waals surface area contributed by atoms with Crippen LogP contribution in [0.5, 0.6) is 0 Å². The number of carbonyl (C=O) groups is 1. The maximum absolute atomic E-state index is 13.0. The van der Waals surface area contributed by atoms with Gasteiger partial charge in [0.1, 0.15) is 4.88 Å². The molecule has 0 atom stereocenters. The number of hydrogen-bond acceptors (Lipinski definition) is 4. The highest BCUT2D eigenvalue weighted by Gasteiger charge is 2.30. The summed E-state index contributed by atoms with van der Waals surface area (Å²) in [5.74, 6) is -0.531. The van der Waals surface area contributed by atoms with Gasteiger partial charge in [-0.1, -0.05) is 65.9 Å². The summed E-state index contributed by atoms with van der Waals surface area (Å²) in [6, 6.07) is 23.0. The molecule has 0 fully saturated rings. The van der Waals surface area contributed by atoms with Crippen LogP contribution in [0.2, 0.25) is 0 Å². The van der Waals surface area contributed by atoms with Crippen molar-refractivity contribution in [3.8, 4) is 11.3 Å². The van der Waals surface area contributed by atoms with Crippen LogP contribution in [0.15, 0.2) is 84.9 Å². The summed E-state index contributed by atoms with van der Waals surface area (Å²) in [5.41, 5.74) is 1.22. The minimum absolute atomic E-state index is 0.0600. The van der Waals surface area contributed by atoms with E-state index in [1.54, 1.807) is 0 Å². The van der Waals surface area contributed by atoms with E-state index in [1.807, 2.05) is 60.7 Å². The van der Waals surface area contributed by atoms with Gasteiger partial charge < -0.3 is 10.6 Å². The molecule has 1 aromatic heterocycles. The van der Waals surface area contributed by atoms with Crippen molar-refractivity contribution in [2.75, 3.05) is 10.6 Å². The van der Waals surface area contributed by atoms with Gasteiger partial charge in [0.2, 0.25) is 0 Å². The van der Waals surface area contributed by atoms with E-state index in [9.17, 15) is 18.0 Å². The molecule has 1 heterocycles. The third kappa shape index (κ3) is 4.92. The number of rotatable bonds is 5. The number of aromatic nitrogens is 1. The molecule has 0 aliphatic carbocycles. The lowest BCUT2D eigenvalue weighted by molar-refractivity contribution is -0.137. The molecular weight excluding hydrogens is 423 g/mol. The highest BCUT2D eigenvalue weighted by molar-refractivity contribution is 7.18. The van der Waals surface area contributed by atoms with Crippen molar-refractivity contribution in [1.82, 2.24) is 4.98 Å². The van der Waals surface area contributed by atoms with E-state index in [0.29, 0.717) is 15.7 Å². The number of thiazole rings is 1. The van der Waals surface area contributed by atoms with Gasteiger partial charge in [-0.05, 0) is 30.3 Å². The molecule has 2 N–H and O–H groups in total. The van der Waals surface area contributed by atoms with E-state index in [4.69, 9.17) is 0 Å². The zero-order valence-electron chi connectivity index (χ0n) is 16.0. The molecule has 3 aromatic carbocycles. The van der Waals surface area contributed by atoms with Gasteiger partial charge in [-0.2, -0.15) is 13.2 Å². The highest BCUT2D eigenvalue weighted by Crippen LogP contribution is 2.34. The van der Waals surface area contributed by atoms with Crippen molar-refractivity contribution < 1.29 is 18.0 Å². The zero-order chi connectivity index (χ0) is 21.8. The van der Waals surface area contributed by atoms with Gasteiger partial charge in [0.05, 0.1) is 11.3 Å². The van der Waals surface area contributed by atoms with Crippen LogP contribution in [-0.4, -0.2) is 10.9 Å². The first-order chi connectivity index (χ1) is 14.9. The van der Waals surface area contributed by atoms with Gasteiger partial charge in [-0.15, -0.1) is 0 Å². The van der Waals surface area contributed by atoms with Gasteiger partial charge in [0.15, 0.2) is 5.13 Å². The summed E-state index contributed by atoms with van der Waals surface area (Å²) in [6.45, 7) is 0. The fraction of sp³-hybridized carbons (Fsp3) is 0.0435. The molecule has 0 saturated heterocycles. The number of benzene rings is 3. The maximum atomic E-state index is 13.0. The summed E-state index contributed by atoms with van der Waals surface area (Å²) in [6.07, 6.45) is -4.49. The summed E-state index contributed by atoms with van der Waals surface area (Å²) in [7, 11) is 0. The minimum atomic E-state index is -4.49. The first kappa shape index (κ1) is 20.6. The molecular formula is C23H16F3N3OS. The van der Waals surface area contributed by atoms with Crippen molar-refractivity contribution in [3.05, 3.63) is 95.4 Å². The summed E-state index contributed by atoms with van der Waals surface area (Å²) < 4.78 is 39.0. The van der Waals surface area contributed by atoms with E-state index in [2.05, 4.69) is 15.6 Å². The number of nitrogens with one attached hydrogen (secondary N) is 2. The lowest BCUT2D eigenvalue weighted by atomic mass is 10.1. The molecule has 0 aliphatic heterocycles. The van der Waals surface area contributed by atoms with Gasteiger partial charge in [0, 0.05) is 16.9 Å². The van der Waals surface area contributed by atoms with E-state index in [0.717, 1.165) is 34.7 Å². The number of anilines is 3. The standard InChI is InChI=1S/C23H16F3N3OS/c24-23(25,26)16-10-7-13-18(14-16)27-21(30)20-19(15-8-3-1-4-9-15)29-22(31-20)28-17-11-5-2-6-12-17/h1-14H,(H,27,30)(H,28,29). The van der Waals surface area contributed by atoms with E-state index < -0.39 is 17.6 Å². The molecule has 1 amide bonds. The fourth-order valence-corrected chi connectivity index (χ4v) is 3.83. The Labute approximate surface area is 180 Å². The Balaban J connectivity index is 1.67. The second-order valence-corrected chi connectivity index (χ2v) is 7.59. The number of hydrogen-bond donors (Lipinski definition) is 2. The largest absolute Gasteiger partial charge is 0.416 e. The molecule has 0 aliphatic rings. The molecule has 0 radical (unpaired) electrons. The second-order valence-electron chi connectivity index (χ2n) is 6.59. The van der Waals surface area contributed by atoms with E-state index in [1.165, 1.54) is 12.1 Å². The quantitative estimate of drug-likeness (QED) is 0.359. The lowest BCUT2D eigenvalue weighted by Crippen LogP contribution is -2.13. The number of carbonyl (C=O) groups excluding carboxylic acids is 1. The van der Waals surface area contributed by atoms with Gasteiger partial charge in [0.25, 0.3) is 5.91 Å². The first-order valence-electron chi connectivity index (χ1n) is 9.27. The smallest absolute Gasteiger partial charge is 0.332 e. The number of halogens is 3. The Morgan fingerprint density at radius 1 is 0.839 bits per heavy atom. The predicted molar refractivity (Wildman–Crippen MR) is 117 cm³/mol. The topological polar surface area (TPSA) is 54.0 Å². The summed E-state index contributed by atoms with van der Waals surface area (Å²) in [4.78, 5) is 17.8.